The summed E-state index contributed by atoms with van der Waals surface area (Å²) in [5, 5.41) is 3.58. The maximum absolute atomic E-state index is 13.4. The highest BCUT2D eigenvalue weighted by molar-refractivity contribution is 9.10. The normalized spacial score (nSPS) is 21.3. The molecule has 4 heteroatoms. The van der Waals surface area contributed by atoms with Crippen molar-refractivity contribution >= 4 is 15.9 Å². The Balaban J connectivity index is 2.17. The first-order valence-corrected chi connectivity index (χ1v) is 7.77. The van der Waals surface area contributed by atoms with Crippen molar-refractivity contribution in [2.45, 2.75) is 32.2 Å². The van der Waals surface area contributed by atoms with Crippen molar-refractivity contribution in [1.82, 2.24) is 5.32 Å². The quantitative estimate of drug-likeness (QED) is 0.879. The summed E-state index contributed by atoms with van der Waals surface area (Å²) in [4.78, 5) is 0. The summed E-state index contributed by atoms with van der Waals surface area (Å²) in [5.41, 5.74) is 1.14. The molecule has 1 heterocycles. The van der Waals surface area contributed by atoms with Crippen LogP contribution >= 0.6 is 15.9 Å². The summed E-state index contributed by atoms with van der Waals surface area (Å²) in [5.74, 6) is 0.260. The smallest absolute Gasteiger partial charge is 0.137 e. The number of hydrogen-bond acceptors (Lipinski definition) is 2. The van der Waals surface area contributed by atoms with Gasteiger partial charge in [-0.05, 0) is 59.4 Å². The first kappa shape index (κ1) is 14.9. The average molecular weight is 330 g/mol. The second-order valence-corrected chi connectivity index (χ2v) is 5.94. The second-order valence-electron chi connectivity index (χ2n) is 5.08. The molecule has 0 spiro atoms. The Labute approximate surface area is 122 Å². The highest BCUT2D eigenvalue weighted by atomic mass is 79.9. The van der Waals surface area contributed by atoms with Crippen molar-refractivity contribution < 1.29 is 9.13 Å². The molecule has 1 fully saturated rings. The van der Waals surface area contributed by atoms with Gasteiger partial charge in [-0.25, -0.2) is 4.39 Å². The number of hydrogen-bond donors (Lipinski definition) is 1. The molecular formula is C15H21BrFNO. The van der Waals surface area contributed by atoms with Crippen LogP contribution in [0.5, 0.6) is 0 Å². The van der Waals surface area contributed by atoms with Crippen LogP contribution < -0.4 is 5.32 Å². The fraction of sp³-hybridized carbons (Fsp3) is 0.600. The highest BCUT2D eigenvalue weighted by Gasteiger charge is 2.25. The minimum atomic E-state index is -0.210. The lowest BCUT2D eigenvalue weighted by Crippen LogP contribution is -2.33. The Kier molecular flexibility index (Phi) is 5.79. The van der Waals surface area contributed by atoms with Gasteiger partial charge in [0.2, 0.25) is 0 Å². The molecule has 0 aromatic heterocycles. The molecule has 1 aliphatic heterocycles. The van der Waals surface area contributed by atoms with Crippen LogP contribution in [0.15, 0.2) is 22.7 Å². The molecule has 1 aromatic rings. The van der Waals surface area contributed by atoms with Gasteiger partial charge in [-0.3, -0.25) is 0 Å². The van der Waals surface area contributed by atoms with Gasteiger partial charge in [-0.15, -0.1) is 0 Å². The molecule has 1 saturated heterocycles. The van der Waals surface area contributed by atoms with Gasteiger partial charge in [-0.1, -0.05) is 13.0 Å². The molecule has 0 aliphatic carbocycles. The van der Waals surface area contributed by atoms with E-state index in [1.165, 1.54) is 6.07 Å². The summed E-state index contributed by atoms with van der Waals surface area (Å²) in [7, 11) is 0. The van der Waals surface area contributed by atoms with Crippen molar-refractivity contribution in [2.75, 3.05) is 19.8 Å². The standard InChI is InChI=1S/C15H21BrFNO/c1-2-7-18-15(12-4-3-8-19-10-12)11-5-6-14(17)13(16)9-11/h5-6,9,12,15,18H,2-4,7-8,10H2,1H3. The van der Waals surface area contributed by atoms with E-state index in [1.54, 1.807) is 0 Å². The summed E-state index contributed by atoms with van der Waals surface area (Å²) < 4.78 is 19.5. The van der Waals surface area contributed by atoms with Crippen molar-refractivity contribution in [1.29, 1.82) is 0 Å². The Hall–Kier alpha value is -0.450. The molecule has 19 heavy (non-hydrogen) atoms. The van der Waals surface area contributed by atoms with E-state index in [0.717, 1.165) is 44.6 Å². The van der Waals surface area contributed by atoms with Crippen LogP contribution in [0.4, 0.5) is 4.39 Å². The zero-order valence-corrected chi connectivity index (χ0v) is 12.9. The van der Waals surface area contributed by atoms with Gasteiger partial charge in [0.25, 0.3) is 0 Å². The van der Waals surface area contributed by atoms with Crippen LogP contribution in [0.2, 0.25) is 0 Å². The predicted molar refractivity (Wildman–Crippen MR) is 78.7 cm³/mol. The number of rotatable bonds is 5. The van der Waals surface area contributed by atoms with Crippen molar-refractivity contribution in [3.63, 3.8) is 0 Å². The largest absolute Gasteiger partial charge is 0.381 e. The van der Waals surface area contributed by atoms with E-state index >= 15 is 0 Å². The summed E-state index contributed by atoms with van der Waals surface area (Å²) >= 11 is 3.27. The second kappa shape index (κ2) is 7.36. The minimum Gasteiger partial charge on any atom is -0.381 e. The van der Waals surface area contributed by atoms with Gasteiger partial charge in [0.15, 0.2) is 0 Å². The molecule has 1 aliphatic rings. The van der Waals surface area contributed by atoms with Crippen molar-refractivity contribution in [3.05, 3.63) is 34.1 Å². The maximum Gasteiger partial charge on any atom is 0.137 e. The van der Waals surface area contributed by atoms with Gasteiger partial charge in [0.1, 0.15) is 5.82 Å². The first-order chi connectivity index (χ1) is 9.22. The molecule has 2 nitrogen and oxygen atoms in total. The zero-order chi connectivity index (χ0) is 13.7. The van der Waals surface area contributed by atoms with E-state index in [-0.39, 0.29) is 11.9 Å². The third kappa shape index (κ3) is 4.01. The molecule has 0 saturated carbocycles. The molecule has 0 bridgehead atoms. The summed E-state index contributed by atoms with van der Waals surface area (Å²) in [6.45, 7) is 4.78. The number of halogens is 2. The van der Waals surface area contributed by atoms with E-state index in [0.29, 0.717) is 10.4 Å². The van der Waals surface area contributed by atoms with E-state index in [1.807, 2.05) is 12.1 Å². The Morgan fingerprint density at radius 2 is 2.37 bits per heavy atom. The lowest BCUT2D eigenvalue weighted by molar-refractivity contribution is 0.0390. The monoisotopic (exact) mass is 329 g/mol. The predicted octanol–water partition coefficient (Wildman–Crippen LogP) is 4.06. The molecule has 2 atom stereocenters. The van der Waals surface area contributed by atoms with E-state index < -0.39 is 0 Å². The molecule has 0 radical (unpaired) electrons. The molecule has 106 valence electrons. The van der Waals surface area contributed by atoms with Crippen LogP contribution in [0.25, 0.3) is 0 Å². The molecule has 0 amide bonds. The Morgan fingerprint density at radius 1 is 1.53 bits per heavy atom. The number of benzene rings is 1. The first-order valence-electron chi connectivity index (χ1n) is 6.98. The molecular weight excluding hydrogens is 309 g/mol. The number of ether oxygens (including phenoxy) is 1. The van der Waals surface area contributed by atoms with Gasteiger partial charge in [0, 0.05) is 18.6 Å². The third-order valence-electron chi connectivity index (χ3n) is 3.58. The highest BCUT2D eigenvalue weighted by Crippen LogP contribution is 2.31. The van der Waals surface area contributed by atoms with Crippen LogP contribution in [-0.2, 0) is 4.74 Å². The fourth-order valence-electron chi connectivity index (χ4n) is 2.59. The van der Waals surface area contributed by atoms with Gasteiger partial charge in [-0.2, -0.15) is 0 Å². The van der Waals surface area contributed by atoms with E-state index in [2.05, 4.69) is 28.2 Å². The summed E-state index contributed by atoms with van der Waals surface area (Å²) in [6.07, 6.45) is 3.36. The van der Waals surface area contributed by atoms with Gasteiger partial charge < -0.3 is 10.1 Å². The Bertz CT molecular complexity index is 407. The lowest BCUT2D eigenvalue weighted by Gasteiger charge is -2.31. The lowest BCUT2D eigenvalue weighted by atomic mass is 9.88. The molecule has 1 aromatic carbocycles. The topological polar surface area (TPSA) is 21.3 Å². The Morgan fingerprint density at radius 3 is 3.00 bits per heavy atom. The van der Waals surface area contributed by atoms with Crippen LogP contribution in [0, 0.1) is 11.7 Å². The third-order valence-corrected chi connectivity index (χ3v) is 4.19. The zero-order valence-electron chi connectivity index (χ0n) is 11.3. The fourth-order valence-corrected chi connectivity index (χ4v) is 2.99. The van der Waals surface area contributed by atoms with Crippen LogP contribution in [-0.4, -0.2) is 19.8 Å². The molecule has 1 N–H and O–H groups in total. The van der Waals surface area contributed by atoms with Crippen LogP contribution in [0.1, 0.15) is 37.8 Å². The maximum atomic E-state index is 13.4. The summed E-state index contributed by atoms with van der Waals surface area (Å²) in [6, 6.07) is 5.54. The van der Waals surface area contributed by atoms with E-state index in [4.69, 9.17) is 4.74 Å². The van der Waals surface area contributed by atoms with Crippen molar-refractivity contribution in [2.24, 2.45) is 5.92 Å². The van der Waals surface area contributed by atoms with Crippen LogP contribution in [0.3, 0.4) is 0 Å². The molecule has 2 unspecified atom stereocenters. The van der Waals surface area contributed by atoms with Crippen molar-refractivity contribution in [3.8, 4) is 0 Å². The SMILES string of the molecule is CCCNC(c1ccc(F)c(Br)c1)C1CCCOC1. The number of nitrogens with one attached hydrogen (secondary N) is 1. The van der Waals surface area contributed by atoms with Gasteiger partial charge >= 0.3 is 0 Å². The molecule has 2 rings (SSSR count). The average Bonchev–Trinajstić information content (AvgIpc) is 2.44. The van der Waals surface area contributed by atoms with Gasteiger partial charge in [0.05, 0.1) is 11.1 Å². The minimum absolute atomic E-state index is 0.210. The van der Waals surface area contributed by atoms with E-state index in [9.17, 15) is 4.39 Å².